The molecule has 0 saturated carbocycles. The average molecular weight is 423 g/mol. The van der Waals surface area contributed by atoms with Gasteiger partial charge in [0.05, 0.1) is 10.6 Å². The molecule has 0 saturated heterocycles. The Labute approximate surface area is 162 Å². The van der Waals surface area contributed by atoms with Gasteiger partial charge in [-0.15, -0.1) is 11.3 Å². The maximum atomic E-state index is 5.02. The molecule has 0 N–H and O–H groups in total. The molecule has 2 nitrogen and oxygen atoms in total. The van der Waals surface area contributed by atoms with E-state index >= 15 is 0 Å². The SMILES string of the molecule is Brc1cccc2c1Sc1ccccc1-c1sc(-c3ccncc3)nc1-2. The maximum Gasteiger partial charge on any atom is 0.124 e. The number of pyridine rings is 1. The molecule has 1 aliphatic rings. The fourth-order valence-electron chi connectivity index (χ4n) is 2.96. The summed E-state index contributed by atoms with van der Waals surface area (Å²) >= 11 is 7.27. The van der Waals surface area contributed by atoms with Crippen LogP contribution in [0.4, 0.5) is 0 Å². The van der Waals surface area contributed by atoms with Crippen molar-refractivity contribution in [1.29, 1.82) is 0 Å². The predicted octanol–water partition coefficient (Wildman–Crippen LogP) is 6.77. The lowest BCUT2D eigenvalue weighted by atomic mass is 10.1. The molecule has 0 amide bonds. The van der Waals surface area contributed by atoms with Gasteiger partial charge in [0, 0.05) is 43.3 Å². The van der Waals surface area contributed by atoms with E-state index in [1.54, 1.807) is 23.1 Å². The molecule has 2 aromatic carbocycles. The van der Waals surface area contributed by atoms with E-state index in [9.17, 15) is 0 Å². The average Bonchev–Trinajstić information content (AvgIpc) is 3.04. The van der Waals surface area contributed by atoms with E-state index in [0.29, 0.717) is 0 Å². The van der Waals surface area contributed by atoms with E-state index < -0.39 is 0 Å². The normalized spacial score (nSPS) is 12.0. The molecule has 0 aliphatic carbocycles. The Morgan fingerprint density at radius 3 is 2.52 bits per heavy atom. The van der Waals surface area contributed by atoms with Crippen LogP contribution >= 0.6 is 39.0 Å². The highest BCUT2D eigenvalue weighted by molar-refractivity contribution is 9.10. The van der Waals surface area contributed by atoms with E-state index in [2.05, 4.69) is 63.4 Å². The largest absolute Gasteiger partial charge is 0.265 e. The van der Waals surface area contributed by atoms with Crippen LogP contribution in [0.1, 0.15) is 0 Å². The molecule has 1 aliphatic heterocycles. The summed E-state index contributed by atoms with van der Waals surface area (Å²) in [5, 5.41) is 1.03. The second-order valence-electron chi connectivity index (χ2n) is 5.65. The Morgan fingerprint density at radius 2 is 1.64 bits per heavy atom. The lowest BCUT2D eigenvalue weighted by molar-refractivity contribution is 1.31. The second-order valence-corrected chi connectivity index (χ2v) is 8.55. The number of halogens is 1. The van der Waals surface area contributed by atoms with E-state index in [1.165, 1.54) is 25.8 Å². The number of rotatable bonds is 1. The van der Waals surface area contributed by atoms with E-state index in [4.69, 9.17) is 4.98 Å². The minimum absolute atomic E-state index is 1.03. The van der Waals surface area contributed by atoms with Crippen molar-refractivity contribution in [3.05, 3.63) is 71.5 Å². The van der Waals surface area contributed by atoms with Gasteiger partial charge >= 0.3 is 0 Å². The molecule has 5 heteroatoms. The van der Waals surface area contributed by atoms with Gasteiger partial charge in [0.1, 0.15) is 5.01 Å². The first-order valence-corrected chi connectivity index (χ1v) is 10.2. The summed E-state index contributed by atoms with van der Waals surface area (Å²) < 4.78 is 1.11. The van der Waals surface area contributed by atoms with Crippen LogP contribution in [0, 0.1) is 0 Å². The molecule has 0 unspecified atom stereocenters. The molecular weight excluding hydrogens is 412 g/mol. The van der Waals surface area contributed by atoms with E-state index in [-0.39, 0.29) is 0 Å². The summed E-state index contributed by atoms with van der Waals surface area (Å²) in [5.74, 6) is 0. The molecular formula is C20H11BrN2S2. The van der Waals surface area contributed by atoms with Crippen molar-refractivity contribution in [2.75, 3.05) is 0 Å². The second kappa shape index (κ2) is 6.09. The van der Waals surface area contributed by atoms with Gasteiger partial charge in [-0.3, -0.25) is 4.98 Å². The molecule has 0 atom stereocenters. The lowest BCUT2D eigenvalue weighted by Gasteiger charge is -2.08. The number of thiazole rings is 1. The van der Waals surface area contributed by atoms with Crippen LogP contribution < -0.4 is 0 Å². The molecule has 2 aromatic heterocycles. The van der Waals surface area contributed by atoms with E-state index in [0.717, 1.165) is 20.7 Å². The van der Waals surface area contributed by atoms with Gasteiger partial charge in [-0.2, -0.15) is 0 Å². The third-order valence-electron chi connectivity index (χ3n) is 4.12. The number of hydrogen-bond donors (Lipinski definition) is 0. The number of aromatic nitrogens is 2. The quantitative estimate of drug-likeness (QED) is 0.298. The van der Waals surface area contributed by atoms with Gasteiger partial charge in [-0.1, -0.05) is 42.1 Å². The Bertz CT molecular complexity index is 1090. The van der Waals surface area contributed by atoms with Crippen LogP contribution in [0.3, 0.4) is 0 Å². The topological polar surface area (TPSA) is 25.8 Å². The first-order chi connectivity index (χ1) is 12.3. The summed E-state index contributed by atoms with van der Waals surface area (Å²) in [6, 6.07) is 18.9. The van der Waals surface area contributed by atoms with Gasteiger partial charge in [0.2, 0.25) is 0 Å². The number of hydrogen-bond acceptors (Lipinski definition) is 4. The Kier molecular flexibility index (Phi) is 3.73. The van der Waals surface area contributed by atoms with Crippen LogP contribution in [-0.4, -0.2) is 9.97 Å². The van der Waals surface area contributed by atoms with Crippen molar-refractivity contribution in [1.82, 2.24) is 9.97 Å². The van der Waals surface area contributed by atoms with Crippen molar-refractivity contribution in [2.45, 2.75) is 9.79 Å². The van der Waals surface area contributed by atoms with Crippen molar-refractivity contribution < 1.29 is 0 Å². The van der Waals surface area contributed by atoms with Gasteiger partial charge in [0.15, 0.2) is 0 Å². The minimum Gasteiger partial charge on any atom is -0.265 e. The van der Waals surface area contributed by atoms with Gasteiger partial charge in [-0.05, 0) is 40.2 Å². The predicted molar refractivity (Wildman–Crippen MR) is 108 cm³/mol. The Balaban J connectivity index is 1.84. The zero-order valence-corrected chi connectivity index (χ0v) is 16.2. The molecule has 0 fully saturated rings. The zero-order chi connectivity index (χ0) is 16.8. The van der Waals surface area contributed by atoms with Gasteiger partial charge in [-0.25, -0.2) is 4.98 Å². The van der Waals surface area contributed by atoms with Gasteiger partial charge in [0.25, 0.3) is 0 Å². The number of fused-ring (bicyclic) bond motifs is 5. The molecule has 25 heavy (non-hydrogen) atoms. The molecule has 0 bridgehead atoms. The number of nitrogens with zero attached hydrogens (tertiary/aromatic N) is 2. The zero-order valence-electron chi connectivity index (χ0n) is 12.9. The molecule has 120 valence electrons. The molecule has 0 radical (unpaired) electrons. The summed E-state index contributed by atoms with van der Waals surface area (Å²) in [6.45, 7) is 0. The summed E-state index contributed by atoms with van der Waals surface area (Å²) in [6.07, 6.45) is 3.63. The van der Waals surface area contributed by atoms with Crippen molar-refractivity contribution >= 4 is 39.0 Å². The van der Waals surface area contributed by atoms with Crippen LogP contribution in [0.2, 0.25) is 0 Å². The molecule has 5 rings (SSSR count). The summed E-state index contributed by atoms with van der Waals surface area (Å²) in [5.41, 5.74) is 4.60. The Morgan fingerprint density at radius 1 is 0.840 bits per heavy atom. The summed E-state index contributed by atoms with van der Waals surface area (Å²) in [7, 11) is 0. The van der Waals surface area contributed by atoms with Gasteiger partial charge < -0.3 is 0 Å². The van der Waals surface area contributed by atoms with Crippen molar-refractivity contribution in [2.24, 2.45) is 0 Å². The highest BCUT2D eigenvalue weighted by atomic mass is 79.9. The minimum atomic E-state index is 1.03. The Hall–Kier alpha value is -1.95. The van der Waals surface area contributed by atoms with Crippen LogP contribution in [-0.2, 0) is 0 Å². The smallest absolute Gasteiger partial charge is 0.124 e. The lowest BCUT2D eigenvalue weighted by Crippen LogP contribution is -1.84. The highest BCUT2D eigenvalue weighted by Gasteiger charge is 2.25. The van der Waals surface area contributed by atoms with Crippen LogP contribution in [0.25, 0.3) is 32.3 Å². The maximum absolute atomic E-state index is 5.02. The van der Waals surface area contributed by atoms with Crippen LogP contribution in [0.5, 0.6) is 0 Å². The number of benzene rings is 2. The van der Waals surface area contributed by atoms with E-state index in [1.807, 2.05) is 24.5 Å². The fourth-order valence-corrected chi connectivity index (χ4v) is 5.84. The monoisotopic (exact) mass is 422 g/mol. The standard InChI is InChI=1S/C20H11BrN2S2/c21-15-6-3-5-14-17-19(13-4-1-2-7-16(13)24-18(14)15)25-20(23-17)12-8-10-22-11-9-12/h1-11H. The summed E-state index contributed by atoms with van der Waals surface area (Å²) in [4.78, 5) is 12.9. The third kappa shape index (κ3) is 2.54. The molecule has 3 heterocycles. The van der Waals surface area contributed by atoms with Crippen molar-refractivity contribution in [3.63, 3.8) is 0 Å². The third-order valence-corrected chi connectivity index (χ3v) is 7.40. The highest BCUT2D eigenvalue weighted by Crippen LogP contribution is 2.52. The fraction of sp³-hybridized carbons (Fsp3) is 0. The van der Waals surface area contributed by atoms with Crippen molar-refractivity contribution in [3.8, 4) is 32.3 Å². The first-order valence-electron chi connectivity index (χ1n) is 7.78. The first kappa shape index (κ1) is 15.3. The molecule has 4 aromatic rings. The van der Waals surface area contributed by atoms with Crippen LogP contribution in [0.15, 0.2) is 81.3 Å². The molecule has 0 spiro atoms.